The van der Waals surface area contributed by atoms with Gasteiger partial charge in [-0.1, -0.05) is 0 Å². The highest BCUT2D eigenvalue weighted by atomic mass is 19.3. The Hall–Kier alpha value is -2.83. The van der Waals surface area contributed by atoms with Gasteiger partial charge < -0.3 is 10.6 Å². The fraction of sp³-hybridized carbons (Fsp3) is 0.222. The third-order valence-electron chi connectivity index (χ3n) is 3.46. The van der Waals surface area contributed by atoms with Crippen LogP contribution in [0.4, 0.5) is 26.2 Å². The van der Waals surface area contributed by atoms with Gasteiger partial charge in [-0.05, 0) is 50.6 Å². The smallest absolute Gasteiger partial charge is 0.280 e. The number of alkyl halides is 2. The van der Waals surface area contributed by atoms with Crippen molar-refractivity contribution >= 4 is 28.2 Å². The van der Waals surface area contributed by atoms with Crippen LogP contribution in [0.1, 0.15) is 31.5 Å². The summed E-state index contributed by atoms with van der Waals surface area (Å²) < 4.78 is 26.2. The fourth-order valence-corrected chi connectivity index (χ4v) is 2.40. The molecule has 7 heteroatoms. The molecule has 0 amide bonds. The van der Waals surface area contributed by atoms with Crippen LogP contribution in [0.3, 0.4) is 0 Å². The van der Waals surface area contributed by atoms with Gasteiger partial charge in [-0.2, -0.15) is 0 Å². The second kappa shape index (κ2) is 6.96. The minimum absolute atomic E-state index is 0.0534. The van der Waals surface area contributed by atoms with Crippen LogP contribution in [0.25, 0.3) is 10.8 Å². The summed E-state index contributed by atoms with van der Waals surface area (Å²) in [7, 11) is 0. The van der Waals surface area contributed by atoms with Gasteiger partial charge in [0.25, 0.3) is 6.43 Å². The topological polar surface area (TPSA) is 62.7 Å². The molecule has 129 valence electrons. The molecular weight excluding hydrogens is 324 g/mol. The lowest BCUT2D eigenvalue weighted by atomic mass is 10.1. The molecule has 0 unspecified atom stereocenters. The first-order chi connectivity index (χ1) is 11.9. The van der Waals surface area contributed by atoms with Crippen molar-refractivity contribution in [2.24, 2.45) is 0 Å². The number of pyridine rings is 3. The highest BCUT2D eigenvalue weighted by Crippen LogP contribution is 2.29. The predicted molar refractivity (Wildman–Crippen MR) is 95.2 cm³/mol. The van der Waals surface area contributed by atoms with Gasteiger partial charge >= 0.3 is 0 Å². The van der Waals surface area contributed by atoms with Gasteiger partial charge in [0.15, 0.2) is 0 Å². The van der Waals surface area contributed by atoms with E-state index in [4.69, 9.17) is 0 Å². The molecule has 0 atom stereocenters. The zero-order valence-electron chi connectivity index (χ0n) is 13.9. The van der Waals surface area contributed by atoms with Crippen LogP contribution in [0.5, 0.6) is 0 Å². The Morgan fingerprint density at radius 1 is 1.08 bits per heavy atom. The first-order valence-corrected chi connectivity index (χ1v) is 7.83. The molecule has 0 spiro atoms. The van der Waals surface area contributed by atoms with Gasteiger partial charge in [0.05, 0.1) is 0 Å². The molecule has 3 aromatic rings. The monoisotopic (exact) mass is 342 g/mol. The minimum atomic E-state index is -2.64. The van der Waals surface area contributed by atoms with E-state index in [-0.39, 0.29) is 11.7 Å². The van der Waals surface area contributed by atoms with Crippen LogP contribution >= 0.6 is 0 Å². The molecule has 3 aromatic heterocycles. The average molecular weight is 342 g/mol. The lowest BCUT2D eigenvalue weighted by Crippen LogP contribution is -2.12. The minimum Gasteiger partial charge on any atom is -0.367 e. The molecule has 0 aliphatic rings. The largest absolute Gasteiger partial charge is 0.367 e. The Bertz CT molecular complexity index is 896. The van der Waals surface area contributed by atoms with Gasteiger partial charge in [-0.3, -0.25) is 0 Å². The maximum absolute atomic E-state index is 13.1. The highest BCUT2D eigenvalue weighted by molar-refractivity contribution is 5.93. The molecule has 1 radical (unpaired) electrons. The van der Waals surface area contributed by atoms with Crippen LogP contribution in [-0.2, 0) is 0 Å². The molecule has 5 nitrogen and oxygen atoms in total. The third kappa shape index (κ3) is 3.99. The number of nitrogens with zero attached hydrogens (tertiary/aromatic N) is 3. The summed E-state index contributed by atoms with van der Waals surface area (Å²) in [5.74, 6) is 1.56. The second-order valence-electron chi connectivity index (χ2n) is 5.96. The first kappa shape index (κ1) is 17.0. The summed E-state index contributed by atoms with van der Waals surface area (Å²) in [6.07, 6.45) is 0.553. The third-order valence-corrected chi connectivity index (χ3v) is 3.46. The van der Waals surface area contributed by atoms with Crippen molar-refractivity contribution in [3.05, 3.63) is 54.8 Å². The van der Waals surface area contributed by atoms with E-state index in [1.165, 1.54) is 6.07 Å². The lowest BCUT2D eigenvalue weighted by Gasteiger charge is -2.14. The molecule has 0 saturated heterocycles. The Balaban J connectivity index is 2.04. The molecule has 0 aliphatic heterocycles. The van der Waals surface area contributed by atoms with E-state index in [2.05, 4.69) is 32.5 Å². The SMILES string of the molecule is [CH2]c1ccnc(Nc2cc3c(NC(C)C)nc(C(F)F)cc3cn2)c1. The van der Waals surface area contributed by atoms with E-state index in [9.17, 15) is 8.78 Å². The number of nitrogens with one attached hydrogen (secondary N) is 2. The summed E-state index contributed by atoms with van der Waals surface area (Å²) in [4.78, 5) is 12.5. The molecule has 3 heterocycles. The van der Waals surface area contributed by atoms with Crippen molar-refractivity contribution in [3.8, 4) is 0 Å². The van der Waals surface area contributed by atoms with E-state index in [1.807, 2.05) is 13.8 Å². The Labute approximate surface area is 144 Å². The van der Waals surface area contributed by atoms with Crippen LogP contribution < -0.4 is 10.6 Å². The number of halogens is 2. The number of hydrogen-bond donors (Lipinski definition) is 2. The Morgan fingerprint density at radius 2 is 1.84 bits per heavy atom. The number of aromatic nitrogens is 3. The van der Waals surface area contributed by atoms with Gasteiger partial charge in [0, 0.05) is 29.2 Å². The van der Waals surface area contributed by atoms with Crippen LogP contribution in [0.2, 0.25) is 0 Å². The van der Waals surface area contributed by atoms with E-state index in [0.717, 1.165) is 5.56 Å². The molecule has 0 aromatic carbocycles. The molecule has 25 heavy (non-hydrogen) atoms. The quantitative estimate of drug-likeness (QED) is 0.703. The normalized spacial score (nSPS) is 11.3. The van der Waals surface area contributed by atoms with Crippen molar-refractivity contribution < 1.29 is 8.78 Å². The van der Waals surface area contributed by atoms with Crippen molar-refractivity contribution in [2.45, 2.75) is 26.3 Å². The summed E-state index contributed by atoms with van der Waals surface area (Å²) in [6.45, 7) is 7.70. The first-order valence-electron chi connectivity index (χ1n) is 7.83. The number of fused-ring (bicyclic) bond motifs is 1. The summed E-state index contributed by atoms with van der Waals surface area (Å²) in [5, 5.41) is 7.51. The molecule has 2 N–H and O–H groups in total. The van der Waals surface area contributed by atoms with Crippen molar-refractivity contribution in [1.29, 1.82) is 0 Å². The molecule has 0 saturated carbocycles. The number of rotatable bonds is 5. The molecule has 0 aliphatic carbocycles. The molecular formula is C18H18F2N5. The maximum atomic E-state index is 13.1. The Morgan fingerprint density at radius 3 is 2.52 bits per heavy atom. The molecule has 0 fully saturated rings. The highest BCUT2D eigenvalue weighted by Gasteiger charge is 2.15. The van der Waals surface area contributed by atoms with Crippen molar-refractivity contribution in [1.82, 2.24) is 15.0 Å². The van der Waals surface area contributed by atoms with Gasteiger partial charge in [-0.15, -0.1) is 0 Å². The van der Waals surface area contributed by atoms with E-state index < -0.39 is 6.43 Å². The summed E-state index contributed by atoms with van der Waals surface area (Å²) >= 11 is 0. The fourth-order valence-electron chi connectivity index (χ4n) is 2.40. The molecule has 0 bridgehead atoms. The second-order valence-corrected chi connectivity index (χ2v) is 5.96. The van der Waals surface area contributed by atoms with Gasteiger partial charge in [0.1, 0.15) is 23.1 Å². The van der Waals surface area contributed by atoms with Gasteiger partial charge in [-0.25, -0.2) is 23.7 Å². The van der Waals surface area contributed by atoms with Crippen LogP contribution in [-0.4, -0.2) is 21.0 Å². The van der Waals surface area contributed by atoms with Crippen molar-refractivity contribution in [2.75, 3.05) is 10.6 Å². The zero-order valence-corrected chi connectivity index (χ0v) is 13.9. The average Bonchev–Trinajstić information content (AvgIpc) is 2.54. The van der Waals surface area contributed by atoms with Crippen LogP contribution in [0, 0.1) is 6.92 Å². The summed E-state index contributed by atoms with van der Waals surface area (Å²) in [5.41, 5.74) is 0.549. The van der Waals surface area contributed by atoms with E-state index in [1.54, 1.807) is 30.6 Å². The summed E-state index contributed by atoms with van der Waals surface area (Å²) in [6, 6.07) is 6.76. The lowest BCUT2D eigenvalue weighted by molar-refractivity contribution is 0.146. The molecule has 3 rings (SSSR count). The number of hydrogen-bond acceptors (Lipinski definition) is 5. The predicted octanol–water partition coefficient (Wildman–Crippen LogP) is 4.71. The van der Waals surface area contributed by atoms with E-state index >= 15 is 0 Å². The maximum Gasteiger partial charge on any atom is 0.280 e. The van der Waals surface area contributed by atoms with Gasteiger partial charge in [0.2, 0.25) is 0 Å². The van der Waals surface area contributed by atoms with Crippen LogP contribution in [0.15, 0.2) is 36.7 Å². The Kier molecular flexibility index (Phi) is 4.74. The number of anilines is 3. The zero-order chi connectivity index (χ0) is 18.0. The van der Waals surface area contributed by atoms with E-state index in [0.29, 0.717) is 28.2 Å². The standard InChI is InChI=1S/C18H18F2N5/c1-10(2)23-18-13-8-16(25-15-6-11(3)4-5-21-15)22-9-12(13)7-14(24-18)17(19)20/h4-10,17H,3H2,1-2H3,(H,23,24)(H,21,22,25). The van der Waals surface area contributed by atoms with Crippen molar-refractivity contribution in [3.63, 3.8) is 0 Å².